The van der Waals surface area contributed by atoms with Gasteiger partial charge in [-0.05, 0) is 7.05 Å². The number of likely N-dealkylation sites (N-methyl/N-ethyl adjacent to an activating group) is 1. The first-order chi connectivity index (χ1) is 8.11. The molecule has 1 heterocycles. The molecule has 0 aromatic rings. The predicted octanol–water partition coefficient (Wildman–Crippen LogP) is -0.0165. The van der Waals surface area contributed by atoms with Crippen LogP contribution in [0.25, 0.3) is 0 Å². The summed E-state index contributed by atoms with van der Waals surface area (Å²) in [7, 11) is 1.94. The van der Waals surface area contributed by atoms with Gasteiger partial charge in [-0.25, -0.2) is 4.79 Å². The molecule has 1 saturated heterocycles. The lowest BCUT2D eigenvalue weighted by molar-refractivity contribution is 0.0166. The van der Waals surface area contributed by atoms with Crippen LogP contribution in [0.4, 0.5) is 4.79 Å². The van der Waals surface area contributed by atoms with Gasteiger partial charge < -0.3 is 19.9 Å². The van der Waals surface area contributed by atoms with E-state index in [0.29, 0.717) is 25.9 Å². The molecule has 2 unspecified atom stereocenters. The maximum atomic E-state index is 10.7. The van der Waals surface area contributed by atoms with Gasteiger partial charge in [-0.2, -0.15) is 0 Å². The van der Waals surface area contributed by atoms with Crippen molar-refractivity contribution in [2.24, 2.45) is 5.73 Å². The lowest BCUT2D eigenvalue weighted by Gasteiger charge is -2.22. The van der Waals surface area contributed by atoms with Crippen LogP contribution in [0.5, 0.6) is 0 Å². The summed E-state index contributed by atoms with van der Waals surface area (Å²) in [5, 5.41) is 0. The van der Waals surface area contributed by atoms with Gasteiger partial charge in [-0.1, -0.05) is 6.08 Å². The summed E-state index contributed by atoms with van der Waals surface area (Å²) in [4.78, 5) is 12.8. The minimum absolute atomic E-state index is 0.309. The highest BCUT2D eigenvalue weighted by Crippen LogP contribution is 2.10. The molecular weight excluding hydrogens is 224 g/mol. The van der Waals surface area contributed by atoms with Crippen LogP contribution in [-0.4, -0.2) is 63.2 Å². The number of nitrogens with two attached hydrogens (primary N) is 1. The molecule has 6 heteroatoms. The Bertz CT molecular complexity index is 256. The molecule has 98 valence electrons. The highest BCUT2D eigenvalue weighted by Gasteiger charge is 2.25. The molecule has 1 rings (SSSR count). The number of carbonyl (C=O) groups is 1. The summed E-state index contributed by atoms with van der Waals surface area (Å²) < 4.78 is 15.3. The molecule has 1 aliphatic heterocycles. The van der Waals surface area contributed by atoms with E-state index >= 15 is 0 Å². The van der Waals surface area contributed by atoms with Crippen molar-refractivity contribution in [2.75, 3.05) is 40.0 Å². The zero-order chi connectivity index (χ0) is 12.7. The largest absolute Gasteiger partial charge is 0.443 e. The van der Waals surface area contributed by atoms with Crippen LogP contribution < -0.4 is 5.73 Å². The lowest BCUT2D eigenvalue weighted by atomic mass is 10.3. The van der Waals surface area contributed by atoms with Crippen molar-refractivity contribution in [2.45, 2.75) is 12.2 Å². The van der Waals surface area contributed by atoms with Gasteiger partial charge in [0.25, 0.3) is 0 Å². The van der Waals surface area contributed by atoms with E-state index < -0.39 is 6.09 Å². The third-order valence-corrected chi connectivity index (χ3v) is 2.26. The molecule has 1 aliphatic rings. The Balaban J connectivity index is 2.26. The molecule has 2 N–H and O–H groups in total. The Labute approximate surface area is 101 Å². The standard InChI is InChI=1S/C11H20N2O4/c1-3-4-15-7-10(17-11(12)14)6-13(2)5-9-8-16-9/h3,9-10H,1,4-8H2,2H3,(H2,12,14). The normalized spacial score (nSPS) is 20.0. The molecule has 0 aromatic heterocycles. The summed E-state index contributed by atoms with van der Waals surface area (Å²) in [6, 6.07) is 0. The fraction of sp³-hybridized carbons (Fsp3) is 0.727. The van der Waals surface area contributed by atoms with Gasteiger partial charge in [0.2, 0.25) is 0 Å². The lowest BCUT2D eigenvalue weighted by Crippen LogP contribution is -2.38. The Morgan fingerprint density at radius 1 is 1.76 bits per heavy atom. The number of carbonyl (C=O) groups excluding carboxylic acids is 1. The number of amides is 1. The maximum Gasteiger partial charge on any atom is 0.404 e. The maximum absolute atomic E-state index is 10.7. The first-order valence-corrected chi connectivity index (χ1v) is 5.56. The van der Waals surface area contributed by atoms with Gasteiger partial charge >= 0.3 is 6.09 Å². The highest BCUT2D eigenvalue weighted by atomic mass is 16.6. The third kappa shape index (κ3) is 6.93. The second-order valence-corrected chi connectivity index (χ2v) is 4.06. The average molecular weight is 244 g/mol. The number of ether oxygens (including phenoxy) is 3. The van der Waals surface area contributed by atoms with E-state index in [9.17, 15) is 4.79 Å². The fourth-order valence-corrected chi connectivity index (χ4v) is 1.51. The van der Waals surface area contributed by atoms with Crippen LogP contribution in [0, 0.1) is 0 Å². The second kappa shape index (κ2) is 7.26. The van der Waals surface area contributed by atoms with Crippen LogP contribution in [0.15, 0.2) is 12.7 Å². The third-order valence-electron chi connectivity index (χ3n) is 2.26. The molecule has 17 heavy (non-hydrogen) atoms. The van der Waals surface area contributed by atoms with Crippen molar-refractivity contribution in [3.8, 4) is 0 Å². The Hall–Kier alpha value is -1.11. The van der Waals surface area contributed by atoms with Crippen molar-refractivity contribution in [1.82, 2.24) is 4.90 Å². The summed E-state index contributed by atoms with van der Waals surface area (Å²) in [6.45, 7) is 6.47. The van der Waals surface area contributed by atoms with Crippen LogP contribution in [0.3, 0.4) is 0 Å². The van der Waals surface area contributed by atoms with Gasteiger partial charge in [0.15, 0.2) is 0 Å². The van der Waals surface area contributed by atoms with Crippen LogP contribution in [0.1, 0.15) is 0 Å². The second-order valence-electron chi connectivity index (χ2n) is 4.06. The number of nitrogens with zero attached hydrogens (tertiary/aromatic N) is 1. The van der Waals surface area contributed by atoms with Gasteiger partial charge in [0.1, 0.15) is 6.10 Å². The van der Waals surface area contributed by atoms with E-state index in [-0.39, 0.29) is 6.10 Å². The number of hydrogen-bond donors (Lipinski definition) is 1. The molecule has 6 nitrogen and oxygen atoms in total. The Morgan fingerprint density at radius 3 is 3.00 bits per heavy atom. The van der Waals surface area contributed by atoms with E-state index in [1.54, 1.807) is 6.08 Å². The number of epoxide rings is 1. The van der Waals surface area contributed by atoms with Crippen molar-refractivity contribution in [3.05, 3.63) is 12.7 Å². The first-order valence-electron chi connectivity index (χ1n) is 5.56. The Kier molecular flexibility index (Phi) is 5.96. The van der Waals surface area contributed by atoms with E-state index in [2.05, 4.69) is 6.58 Å². The monoisotopic (exact) mass is 244 g/mol. The smallest absolute Gasteiger partial charge is 0.404 e. The zero-order valence-electron chi connectivity index (χ0n) is 10.1. The summed E-state index contributed by atoms with van der Waals surface area (Å²) in [5.41, 5.74) is 5.01. The van der Waals surface area contributed by atoms with Crippen molar-refractivity contribution in [3.63, 3.8) is 0 Å². The van der Waals surface area contributed by atoms with Crippen molar-refractivity contribution >= 4 is 6.09 Å². The summed E-state index contributed by atoms with van der Waals surface area (Å²) in [5.74, 6) is 0. The van der Waals surface area contributed by atoms with Crippen molar-refractivity contribution < 1.29 is 19.0 Å². The molecule has 0 radical (unpaired) electrons. The molecule has 1 amide bonds. The zero-order valence-corrected chi connectivity index (χ0v) is 10.1. The number of hydrogen-bond acceptors (Lipinski definition) is 5. The Morgan fingerprint density at radius 2 is 2.47 bits per heavy atom. The molecule has 2 atom stereocenters. The van der Waals surface area contributed by atoms with E-state index in [0.717, 1.165) is 13.2 Å². The molecule has 0 aromatic carbocycles. The predicted molar refractivity (Wildman–Crippen MR) is 62.7 cm³/mol. The van der Waals surface area contributed by atoms with Crippen LogP contribution in [-0.2, 0) is 14.2 Å². The molecule has 0 bridgehead atoms. The minimum Gasteiger partial charge on any atom is -0.443 e. The van der Waals surface area contributed by atoms with Gasteiger partial charge in [0.05, 0.1) is 25.9 Å². The quantitative estimate of drug-likeness (QED) is 0.350. The van der Waals surface area contributed by atoms with E-state index in [1.807, 2.05) is 11.9 Å². The SMILES string of the molecule is C=CCOCC(CN(C)CC1CO1)OC(N)=O. The average Bonchev–Trinajstić information content (AvgIpc) is 3.00. The number of primary amides is 1. The molecule has 0 saturated carbocycles. The highest BCUT2D eigenvalue weighted by molar-refractivity contribution is 5.64. The van der Waals surface area contributed by atoms with E-state index in [4.69, 9.17) is 19.9 Å². The van der Waals surface area contributed by atoms with Gasteiger partial charge in [-0.15, -0.1) is 6.58 Å². The molecular formula is C11H20N2O4. The topological polar surface area (TPSA) is 77.3 Å². The van der Waals surface area contributed by atoms with Crippen LogP contribution in [0.2, 0.25) is 0 Å². The van der Waals surface area contributed by atoms with E-state index in [1.165, 1.54) is 0 Å². The number of rotatable bonds is 9. The molecule has 0 spiro atoms. The summed E-state index contributed by atoms with van der Waals surface area (Å²) >= 11 is 0. The van der Waals surface area contributed by atoms with Crippen molar-refractivity contribution in [1.29, 1.82) is 0 Å². The van der Waals surface area contributed by atoms with Gasteiger partial charge in [-0.3, -0.25) is 4.90 Å². The van der Waals surface area contributed by atoms with Crippen LogP contribution >= 0.6 is 0 Å². The van der Waals surface area contributed by atoms with Gasteiger partial charge in [0, 0.05) is 13.1 Å². The fourth-order valence-electron chi connectivity index (χ4n) is 1.51. The first kappa shape index (κ1) is 14.0. The molecule has 0 aliphatic carbocycles. The minimum atomic E-state index is -0.784. The molecule has 1 fully saturated rings. The summed E-state index contributed by atoms with van der Waals surface area (Å²) in [6.07, 6.45) is 0.802.